The van der Waals surface area contributed by atoms with E-state index in [-0.39, 0.29) is 12.1 Å². The van der Waals surface area contributed by atoms with Crippen molar-refractivity contribution in [1.29, 1.82) is 0 Å². The molecule has 0 unspecified atom stereocenters. The molecule has 0 spiro atoms. The SMILES string of the molecule is CCCOc1nc(NCC)nc(OC(C)C)n1. The lowest BCUT2D eigenvalue weighted by molar-refractivity contribution is 0.213. The summed E-state index contributed by atoms with van der Waals surface area (Å²) in [6.45, 7) is 9.15. The van der Waals surface area contributed by atoms with E-state index in [2.05, 4.69) is 20.3 Å². The predicted octanol–water partition coefficient (Wildman–Crippen LogP) is 1.88. The lowest BCUT2D eigenvalue weighted by Gasteiger charge is -2.10. The molecule has 1 aromatic heterocycles. The summed E-state index contributed by atoms with van der Waals surface area (Å²) >= 11 is 0. The number of rotatable bonds is 7. The maximum absolute atomic E-state index is 5.44. The Labute approximate surface area is 102 Å². The Bertz CT molecular complexity index is 344. The Morgan fingerprint density at radius 2 is 1.82 bits per heavy atom. The molecule has 1 rings (SSSR count). The highest BCUT2D eigenvalue weighted by Crippen LogP contribution is 2.14. The first-order chi connectivity index (χ1) is 8.15. The van der Waals surface area contributed by atoms with Gasteiger partial charge in [-0.3, -0.25) is 0 Å². The fourth-order valence-electron chi connectivity index (χ4n) is 1.10. The molecule has 0 aliphatic heterocycles. The highest BCUT2D eigenvalue weighted by Gasteiger charge is 2.09. The van der Waals surface area contributed by atoms with Crippen LogP contribution in [0.2, 0.25) is 0 Å². The van der Waals surface area contributed by atoms with Gasteiger partial charge in [-0.2, -0.15) is 9.97 Å². The largest absolute Gasteiger partial charge is 0.463 e. The third kappa shape index (κ3) is 4.84. The summed E-state index contributed by atoms with van der Waals surface area (Å²) in [4.78, 5) is 12.4. The molecule has 96 valence electrons. The van der Waals surface area contributed by atoms with Crippen molar-refractivity contribution >= 4 is 5.95 Å². The van der Waals surface area contributed by atoms with Gasteiger partial charge in [-0.1, -0.05) is 6.92 Å². The molecule has 0 saturated carbocycles. The zero-order valence-corrected chi connectivity index (χ0v) is 10.9. The third-order valence-corrected chi connectivity index (χ3v) is 1.71. The number of hydrogen-bond acceptors (Lipinski definition) is 6. The number of nitrogens with one attached hydrogen (secondary N) is 1. The first-order valence-electron chi connectivity index (χ1n) is 5.95. The van der Waals surface area contributed by atoms with Crippen molar-refractivity contribution < 1.29 is 9.47 Å². The molecule has 0 atom stereocenters. The second-order valence-corrected chi connectivity index (χ2v) is 3.77. The van der Waals surface area contributed by atoms with E-state index in [0.29, 0.717) is 18.6 Å². The minimum absolute atomic E-state index is 0.0194. The monoisotopic (exact) mass is 240 g/mol. The molecule has 0 bridgehead atoms. The molecule has 6 heteroatoms. The van der Waals surface area contributed by atoms with Gasteiger partial charge in [-0.05, 0) is 27.2 Å². The van der Waals surface area contributed by atoms with Crippen LogP contribution in [0.1, 0.15) is 34.1 Å². The topological polar surface area (TPSA) is 69.2 Å². The first kappa shape index (κ1) is 13.5. The molecule has 0 radical (unpaired) electrons. The van der Waals surface area contributed by atoms with Crippen LogP contribution < -0.4 is 14.8 Å². The summed E-state index contributed by atoms with van der Waals surface area (Å²) in [5, 5.41) is 3.02. The van der Waals surface area contributed by atoms with Gasteiger partial charge in [0, 0.05) is 6.54 Å². The fraction of sp³-hybridized carbons (Fsp3) is 0.727. The summed E-state index contributed by atoms with van der Waals surface area (Å²) in [6.07, 6.45) is 0.925. The van der Waals surface area contributed by atoms with Crippen LogP contribution in [-0.4, -0.2) is 34.2 Å². The molecule has 6 nitrogen and oxygen atoms in total. The Morgan fingerprint density at radius 1 is 1.12 bits per heavy atom. The van der Waals surface area contributed by atoms with Crippen LogP contribution in [0.4, 0.5) is 5.95 Å². The molecule has 1 N–H and O–H groups in total. The van der Waals surface area contributed by atoms with Crippen molar-refractivity contribution in [2.24, 2.45) is 0 Å². The third-order valence-electron chi connectivity index (χ3n) is 1.71. The second-order valence-electron chi connectivity index (χ2n) is 3.77. The number of ether oxygens (including phenoxy) is 2. The highest BCUT2D eigenvalue weighted by molar-refractivity contribution is 5.27. The average molecular weight is 240 g/mol. The van der Waals surface area contributed by atoms with Crippen molar-refractivity contribution in [2.45, 2.75) is 40.2 Å². The maximum Gasteiger partial charge on any atom is 0.324 e. The van der Waals surface area contributed by atoms with Crippen molar-refractivity contribution in [2.75, 3.05) is 18.5 Å². The van der Waals surface area contributed by atoms with E-state index in [0.717, 1.165) is 13.0 Å². The molecule has 0 fully saturated rings. The molecule has 0 saturated heterocycles. The van der Waals surface area contributed by atoms with Gasteiger partial charge < -0.3 is 14.8 Å². The fourth-order valence-corrected chi connectivity index (χ4v) is 1.10. The van der Waals surface area contributed by atoms with Crippen molar-refractivity contribution in [3.8, 4) is 12.0 Å². The minimum Gasteiger partial charge on any atom is -0.463 e. The van der Waals surface area contributed by atoms with Crippen LogP contribution in [0.15, 0.2) is 0 Å². The zero-order chi connectivity index (χ0) is 12.7. The Balaban J connectivity index is 2.84. The van der Waals surface area contributed by atoms with Gasteiger partial charge in [-0.15, -0.1) is 4.98 Å². The highest BCUT2D eigenvalue weighted by atomic mass is 16.5. The summed E-state index contributed by atoms with van der Waals surface area (Å²) in [5.74, 6) is 0.476. The van der Waals surface area contributed by atoms with Crippen LogP contribution in [0.3, 0.4) is 0 Å². The van der Waals surface area contributed by atoms with Crippen LogP contribution >= 0.6 is 0 Å². The first-order valence-corrected chi connectivity index (χ1v) is 5.95. The van der Waals surface area contributed by atoms with Gasteiger partial charge in [0.15, 0.2) is 0 Å². The van der Waals surface area contributed by atoms with Crippen LogP contribution in [0, 0.1) is 0 Å². The standard InChI is InChI=1S/C11H20N4O2/c1-5-7-16-10-13-9(12-6-2)14-11(15-10)17-8(3)4/h8H,5-7H2,1-4H3,(H,12,13,14,15). The molecule has 0 aliphatic rings. The Hall–Kier alpha value is -1.59. The van der Waals surface area contributed by atoms with E-state index in [1.165, 1.54) is 0 Å². The molecule has 0 amide bonds. The number of anilines is 1. The van der Waals surface area contributed by atoms with Gasteiger partial charge in [0.2, 0.25) is 5.95 Å². The molecule has 0 aromatic carbocycles. The van der Waals surface area contributed by atoms with Gasteiger partial charge >= 0.3 is 12.0 Å². The Morgan fingerprint density at radius 3 is 2.41 bits per heavy atom. The summed E-state index contributed by atoms with van der Waals surface area (Å²) in [7, 11) is 0. The van der Waals surface area contributed by atoms with Crippen LogP contribution in [0.5, 0.6) is 12.0 Å². The van der Waals surface area contributed by atoms with Gasteiger partial charge in [0.1, 0.15) is 0 Å². The van der Waals surface area contributed by atoms with Crippen molar-refractivity contribution in [1.82, 2.24) is 15.0 Å². The van der Waals surface area contributed by atoms with Crippen molar-refractivity contribution in [3.63, 3.8) is 0 Å². The number of nitrogens with zero attached hydrogens (tertiary/aromatic N) is 3. The van der Waals surface area contributed by atoms with E-state index in [1.54, 1.807) is 0 Å². The van der Waals surface area contributed by atoms with Gasteiger partial charge in [0.25, 0.3) is 0 Å². The summed E-state index contributed by atoms with van der Waals surface area (Å²) in [5.41, 5.74) is 0. The maximum atomic E-state index is 5.44. The predicted molar refractivity (Wildman–Crippen MR) is 65.5 cm³/mol. The molecule has 1 aromatic rings. The molecule has 0 aliphatic carbocycles. The average Bonchev–Trinajstić information content (AvgIpc) is 2.25. The molecule has 17 heavy (non-hydrogen) atoms. The van der Waals surface area contributed by atoms with E-state index >= 15 is 0 Å². The normalized spacial score (nSPS) is 10.4. The lowest BCUT2D eigenvalue weighted by Crippen LogP contribution is -2.12. The number of hydrogen-bond donors (Lipinski definition) is 1. The second kappa shape index (κ2) is 6.88. The van der Waals surface area contributed by atoms with Crippen molar-refractivity contribution in [3.05, 3.63) is 0 Å². The lowest BCUT2D eigenvalue weighted by atomic mass is 10.5. The minimum atomic E-state index is 0.0194. The summed E-state index contributed by atoms with van der Waals surface area (Å²) in [6, 6.07) is 0.588. The summed E-state index contributed by atoms with van der Waals surface area (Å²) < 4.78 is 10.8. The zero-order valence-electron chi connectivity index (χ0n) is 10.9. The molecule has 1 heterocycles. The van der Waals surface area contributed by atoms with E-state index in [4.69, 9.17) is 9.47 Å². The van der Waals surface area contributed by atoms with E-state index in [9.17, 15) is 0 Å². The number of aromatic nitrogens is 3. The van der Waals surface area contributed by atoms with E-state index < -0.39 is 0 Å². The van der Waals surface area contributed by atoms with E-state index in [1.807, 2.05) is 27.7 Å². The van der Waals surface area contributed by atoms with Crippen LogP contribution in [0.25, 0.3) is 0 Å². The quantitative estimate of drug-likeness (QED) is 0.784. The van der Waals surface area contributed by atoms with Gasteiger partial charge in [-0.25, -0.2) is 0 Å². The Kier molecular flexibility index (Phi) is 5.45. The smallest absolute Gasteiger partial charge is 0.324 e. The van der Waals surface area contributed by atoms with Crippen LogP contribution in [-0.2, 0) is 0 Å². The molecular formula is C11H20N4O2. The molecular weight excluding hydrogens is 220 g/mol. The van der Waals surface area contributed by atoms with Gasteiger partial charge in [0.05, 0.1) is 12.7 Å².